The lowest BCUT2D eigenvalue weighted by molar-refractivity contribution is 0.380. The fourth-order valence-corrected chi connectivity index (χ4v) is 0.856. The Morgan fingerprint density at radius 1 is 1.57 bits per heavy atom. The number of anilines is 1. The highest BCUT2D eigenvalue weighted by molar-refractivity contribution is 5.34. The van der Waals surface area contributed by atoms with Crippen molar-refractivity contribution in [1.29, 1.82) is 0 Å². The third kappa shape index (κ3) is 3.57. The molecule has 0 aliphatic rings. The molecule has 0 aromatic carbocycles. The highest BCUT2D eigenvalue weighted by Crippen LogP contribution is 2.08. The van der Waals surface area contributed by atoms with Crippen molar-refractivity contribution >= 4 is 5.82 Å². The van der Waals surface area contributed by atoms with E-state index >= 15 is 0 Å². The second-order valence-electron chi connectivity index (χ2n) is 3.77. The van der Waals surface area contributed by atoms with E-state index in [2.05, 4.69) is 15.3 Å². The van der Waals surface area contributed by atoms with Crippen molar-refractivity contribution in [3.63, 3.8) is 0 Å². The molecule has 1 aromatic rings. The van der Waals surface area contributed by atoms with Gasteiger partial charge < -0.3 is 15.8 Å². The van der Waals surface area contributed by atoms with Crippen LogP contribution in [0.1, 0.15) is 13.8 Å². The van der Waals surface area contributed by atoms with E-state index in [1.807, 2.05) is 13.8 Å². The highest BCUT2D eigenvalue weighted by atomic mass is 16.5. The van der Waals surface area contributed by atoms with Gasteiger partial charge in [0.15, 0.2) is 0 Å². The van der Waals surface area contributed by atoms with Gasteiger partial charge >= 0.3 is 6.01 Å². The first-order valence-corrected chi connectivity index (χ1v) is 4.41. The van der Waals surface area contributed by atoms with Crippen LogP contribution in [0, 0.1) is 0 Å². The molecular formula is C9H16N4O. The molecule has 0 fully saturated rings. The van der Waals surface area contributed by atoms with Crippen molar-refractivity contribution in [2.75, 3.05) is 19.0 Å². The molecule has 0 saturated heterocycles. The maximum absolute atomic E-state index is 5.82. The van der Waals surface area contributed by atoms with Crippen LogP contribution in [-0.4, -0.2) is 29.2 Å². The van der Waals surface area contributed by atoms with Gasteiger partial charge in [0.05, 0.1) is 7.11 Å². The first kappa shape index (κ1) is 10.7. The van der Waals surface area contributed by atoms with Gasteiger partial charge in [-0.3, -0.25) is 0 Å². The Morgan fingerprint density at radius 2 is 2.29 bits per heavy atom. The van der Waals surface area contributed by atoms with Gasteiger partial charge in [-0.1, -0.05) is 0 Å². The maximum atomic E-state index is 5.82. The van der Waals surface area contributed by atoms with Crippen LogP contribution < -0.4 is 15.8 Å². The molecule has 0 amide bonds. The molecule has 78 valence electrons. The Hall–Kier alpha value is -1.36. The lowest BCUT2D eigenvalue weighted by Gasteiger charge is -2.19. The molecule has 0 saturated carbocycles. The summed E-state index contributed by atoms with van der Waals surface area (Å²) in [6.07, 6.45) is 1.64. The Balaban J connectivity index is 2.59. The SMILES string of the molecule is COc1nccc(NCC(C)(C)N)n1. The summed E-state index contributed by atoms with van der Waals surface area (Å²) in [5.41, 5.74) is 5.55. The van der Waals surface area contributed by atoms with E-state index in [4.69, 9.17) is 10.5 Å². The second-order valence-corrected chi connectivity index (χ2v) is 3.77. The number of hydrogen-bond donors (Lipinski definition) is 2. The summed E-state index contributed by atoms with van der Waals surface area (Å²) in [6.45, 7) is 4.53. The average Bonchev–Trinajstić information content (AvgIpc) is 2.14. The fraction of sp³-hybridized carbons (Fsp3) is 0.556. The topological polar surface area (TPSA) is 73.1 Å². The summed E-state index contributed by atoms with van der Waals surface area (Å²) < 4.78 is 4.89. The monoisotopic (exact) mass is 196 g/mol. The molecule has 0 aliphatic heterocycles. The molecule has 0 aliphatic carbocycles. The molecule has 0 bridgehead atoms. The van der Waals surface area contributed by atoms with Crippen molar-refractivity contribution in [3.8, 4) is 6.01 Å². The van der Waals surface area contributed by atoms with Crippen LogP contribution in [0.25, 0.3) is 0 Å². The predicted molar refractivity (Wildman–Crippen MR) is 55.3 cm³/mol. The predicted octanol–water partition coefficient (Wildman–Crippen LogP) is 0.634. The number of aromatic nitrogens is 2. The van der Waals surface area contributed by atoms with E-state index in [1.54, 1.807) is 12.3 Å². The smallest absolute Gasteiger partial charge is 0.318 e. The van der Waals surface area contributed by atoms with Crippen LogP contribution in [0.15, 0.2) is 12.3 Å². The van der Waals surface area contributed by atoms with Crippen LogP contribution in [0.3, 0.4) is 0 Å². The van der Waals surface area contributed by atoms with Crippen LogP contribution >= 0.6 is 0 Å². The van der Waals surface area contributed by atoms with E-state index in [-0.39, 0.29) is 5.54 Å². The minimum atomic E-state index is -0.266. The summed E-state index contributed by atoms with van der Waals surface area (Å²) in [6, 6.07) is 2.12. The third-order valence-electron chi connectivity index (χ3n) is 1.54. The highest BCUT2D eigenvalue weighted by Gasteiger charge is 2.10. The number of nitrogens with two attached hydrogens (primary N) is 1. The molecule has 0 spiro atoms. The molecule has 5 nitrogen and oxygen atoms in total. The van der Waals surface area contributed by atoms with Gasteiger partial charge in [0.25, 0.3) is 0 Å². The van der Waals surface area contributed by atoms with Crippen LogP contribution in [0.4, 0.5) is 5.82 Å². The lowest BCUT2D eigenvalue weighted by atomic mass is 10.1. The minimum Gasteiger partial charge on any atom is -0.467 e. The summed E-state index contributed by atoms with van der Waals surface area (Å²) in [7, 11) is 1.53. The largest absolute Gasteiger partial charge is 0.467 e. The van der Waals surface area contributed by atoms with Gasteiger partial charge in [0.2, 0.25) is 0 Å². The molecule has 1 rings (SSSR count). The van der Waals surface area contributed by atoms with Crippen molar-refractivity contribution < 1.29 is 4.74 Å². The molecule has 1 aromatic heterocycles. The Labute approximate surface area is 83.7 Å². The molecule has 0 radical (unpaired) electrons. The summed E-state index contributed by atoms with van der Waals surface area (Å²) in [4.78, 5) is 7.99. The third-order valence-corrected chi connectivity index (χ3v) is 1.54. The van der Waals surface area contributed by atoms with Gasteiger partial charge in [0, 0.05) is 18.3 Å². The summed E-state index contributed by atoms with van der Waals surface area (Å²) in [5, 5.41) is 3.10. The van der Waals surface area contributed by atoms with Crippen molar-refractivity contribution in [1.82, 2.24) is 9.97 Å². The molecular weight excluding hydrogens is 180 g/mol. The normalized spacial score (nSPS) is 11.1. The summed E-state index contributed by atoms with van der Waals surface area (Å²) >= 11 is 0. The number of nitrogens with one attached hydrogen (secondary N) is 1. The Kier molecular flexibility index (Phi) is 3.24. The minimum absolute atomic E-state index is 0.266. The molecule has 14 heavy (non-hydrogen) atoms. The molecule has 5 heteroatoms. The number of rotatable bonds is 4. The quantitative estimate of drug-likeness (QED) is 0.739. The first-order valence-electron chi connectivity index (χ1n) is 4.41. The van der Waals surface area contributed by atoms with Crippen LogP contribution in [0.2, 0.25) is 0 Å². The van der Waals surface area contributed by atoms with Gasteiger partial charge in [-0.2, -0.15) is 4.98 Å². The van der Waals surface area contributed by atoms with E-state index in [0.29, 0.717) is 12.6 Å². The van der Waals surface area contributed by atoms with E-state index in [1.165, 1.54) is 7.11 Å². The van der Waals surface area contributed by atoms with Gasteiger partial charge in [-0.05, 0) is 19.9 Å². The van der Waals surface area contributed by atoms with Crippen molar-refractivity contribution in [3.05, 3.63) is 12.3 Å². The van der Waals surface area contributed by atoms with E-state index in [9.17, 15) is 0 Å². The zero-order valence-corrected chi connectivity index (χ0v) is 8.74. The standard InChI is InChI=1S/C9H16N4O/c1-9(2,10)6-12-7-4-5-11-8(13-7)14-3/h4-5H,6,10H2,1-3H3,(H,11,12,13). The van der Waals surface area contributed by atoms with E-state index in [0.717, 1.165) is 5.82 Å². The lowest BCUT2D eigenvalue weighted by Crippen LogP contribution is -2.39. The van der Waals surface area contributed by atoms with Crippen molar-refractivity contribution in [2.45, 2.75) is 19.4 Å². The maximum Gasteiger partial charge on any atom is 0.318 e. The average molecular weight is 196 g/mol. The first-order chi connectivity index (χ1) is 6.51. The number of hydrogen-bond acceptors (Lipinski definition) is 5. The Morgan fingerprint density at radius 3 is 2.86 bits per heavy atom. The Bertz CT molecular complexity index is 295. The molecule has 0 atom stereocenters. The zero-order valence-electron chi connectivity index (χ0n) is 8.74. The van der Waals surface area contributed by atoms with Crippen molar-refractivity contribution in [2.24, 2.45) is 5.73 Å². The van der Waals surface area contributed by atoms with Crippen LogP contribution in [-0.2, 0) is 0 Å². The summed E-state index contributed by atoms with van der Waals surface area (Å²) in [5.74, 6) is 0.718. The zero-order chi connectivity index (χ0) is 10.6. The molecule has 1 heterocycles. The molecule has 0 unspecified atom stereocenters. The fourth-order valence-electron chi connectivity index (χ4n) is 0.856. The second kappa shape index (κ2) is 4.23. The van der Waals surface area contributed by atoms with Crippen LogP contribution in [0.5, 0.6) is 6.01 Å². The number of nitrogens with zero attached hydrogens (tertiary/aromatic N) is 2. The van der Waals surface area contributed by atoms with Gasteiger partial charge in [0.1, 0.15) is 5.82 Å². The van der Waals surface area contributed by atoms with Gasteiger partial charge in [-0.25, -0.2) is 4.98 Å². The van der Waals surface area contributed by atoms with E-state index < -0.39 is 0 Å². The number of ether oxygens (including phenoxy) is 1. The van der Waals surface area contributed by atoms with Gasteiger partial charge in [-0.15, -0.1) is 0 Å². The number of methoxy groups -OCH3 is 1. The molecule has 3 N–H and O–H groups in total.